The van der Waals surface area contributed by atoms with Crippen LogP contribution in [0.1, 0.15) is 38.2 Å². The Kier molecular flexibility index (Phi) is 4.82. The van der Waals surface area contributed by atoms with E-state index in [-0.39, 0.29) is 0 Å². The Hall–Kier alpha value is -0.380. The van der Waals surface area contributed by atoms with E-state index < -0.39 is 5.60 Å². The molecule has 2 rings (SSSR count). The van der Waals surface area contributed by atoms with Crippen molar-refractivity contribution >= 4 is 15.9 Å². The fourth-order valence-electron chi connectivity index (χ4n) is 2.81. The molecule has 1 fully saturated rings. The maximum absolute atomic E-state index is 10.6. The number of benzene rings is 1. The minimum absolute atomic E-state index is 0.500. The number of rotatable bonds is 4. The lowest BCUT2D eigenvalue weighted by atomic mass is 9.78. The smallest absolute Gasteiger partial charge is 0.0689 e. The third kappa shape index (κ3) is 3.81. The topological polar surface area (TPSA) is 32.3 Å². The number of aliphatic hydroxyl groups is 1. The highest BCUT2D eigenvalue weighted by atomic mass is 79.9. The summed E-state index contributed by atoms with van der Waals surface area (Å²) in [4.78, 5) is 0. The van der Waals surface area contributed by atoms with Crippen LogP contribution in [-0.4, -0.2) is 23.3 Å². The molecule has 100 valence electrons. The van der Waals surface area contributed by atoms with Gasteiger partial charge >= 0.3 is 0 Å². The van der Waals surface area contributed by atoms with Gasteiger partial charge < -0.3 is 10.4 Å². The Labute approximate surface area is 118 Å². The Morgan fingerprint density at radius 3 is 2.44 bits per heavy atom. The number of halogens is 1. The zero-order valence-electron chi connectivity index (χ0n) is 11.0. The Bertz CT molecular complexity index is 369. The normalized spacial score (nSPS) is 28.3. The predicted octanol–water partition coefficient (Wildman–Crippen LogP) is 3.27. The van der Waals surface area contributed by atoms with Crippen molar-refractivity contribution in [3.05, 3.63) is 34.3 Å². The lowest BCUT2D eigenvalue weighted by Crippen LogP contribution is -2.42. The van der Waals surface area contributed by atoms with Gasteiger partial charge in [0.15, 0.2) is 0 Å². The van der Waals surface area contributed by atoms with Gasteiger partial charge in [-0.2, -0.15) is 0 Å². The van der Waals surface area contributed by atoms with Crippen LogP contribution in [0.25, 0.3) is 0 Å². The largest absolute Gasteiger partial charge is 0.390 e. The quantitative estimate of drug-likeness (QED) is 0.894. The fraction of sp³-hybridized carbons (Fsp3) is 0.600. The minimum Gasteiger partial charge on any atom is -0.390 e. The highest BCUT2D eigenvalue weighted by molar-refractivity contribution is 9.10. The molecule has 1 aliphatic rings. The van der Waals surface area contributed by atoms with Gasteiger partial charge in [0.1, 0.15) is 0 Å². The van der Waals surface area contributed by atoms with Gasteiger partial charge in [0.2, 0.25) is 0 Å². The molecule has 18 heavy (non-hydrogen) atoms. The van der Waals surface area contributed by atoms with Crippen LogP contribution in [0.3, 0.4) is 0 Å². The van der Waals surface area contributed by atoms with Crippen molar-refractivity contribution < 1.29 is 5.11 Å². The molecule has 2 N–H and O–H groups in total. The first-order valence-corrected chi connectivity index (χ1v) is 7.61. The third-order valence-corrected chi connectivity index (χ3v) is 4.38. The molecule has 0 heterocycles. The maximum Gasteiger partial charge on any atom is 0.0689 e. The molecule has 1 aromatic carbocycles. The van der Waals surface area contributed by atoms with Gasteiger partial charge in [-0.05, 0) is 49.9 Å². The van der Waals surface area contributed by atoms with Gasteiger partial charge in [-0.25, -0.2) is 0 Å². The van der Waals surface area contributed by atoms with Crippen LogP contribution < -0.4 is 5.32 Å². The van der Waals surface area contributed by atoms with Crippen molar-refractivity contribution in [2.24, 2.45) is 0 Å². The van der Waals surface area contributed by atoms with Gasteiger partial charge in [-0.3, -0.25) is 0 Å². The average Bonchev–Trinajstić information content (AvgIpc) is 2.36. The van der Waals surface area contributed by atoms with Crippen LogP contribution in [-0.2, 0) is 6.42 Å². The molecule has 3 heteroatoms. The van der Waals surface area contributed by atoms with Crippen molar-refractivity contribution in [1.82, 2.24) is 5.32 Å². The lowest BCUT2D eigenvalue weighted by molar-refractivity contribution is -0.00294. The monoisotopic (exact) mass is 311 g/mol. The predicted molar refractivity (Wildman–Crippen MR) is 78.7 cm³/mol. The molecule has 0 amide bonds. The van der Waals surface area contributed by atoms with E-state index >= 15 is 0 Å². The van der Waals surface area contributed by atoms with E-state index in [2.05, 4.69) is 40.3 Å². The summed E-state index contributed by atoms with van der Waals surface area (Å²) in [6, 6.07) is 8.88. The summed E-state index contributed by atoms with van der Waals surface area (Å²) in [5.74, 6) is 0. The maximum atomic E-state index is 10.6. The molecule has 0 radical (unpaired) electrons. The average molecular weight is 312 g/mol. The molecule has 0 unspecified atom stereocenters. The summed E-state index contributed by atoms with van der Waals surface area (Å²) >= 11 is 3.44. The zero-order chi connectivity index (χ0) is 13.0. The molecule has 0 spiro atoms. The van der Waals surface area contributed by atoms with Gasteiger partial charge in [0.05, 0.1) is 5.60 Å². The Morgan fingerprint density at radius 1 is 1.28 bits per heavy atom. The molecule has 1 saturated carbocycles. The van der Waals surface area contributed by atoms with Crippen molar-refractivity contribution in [2.75, 3.05) is 6.54 Å². The molecule has 1 aromatic rings. The summed E-state index contributed by atoms with van der Waals surface area (Å²) < 4.78 is 1.09. The summed E-state index contributed by atoms with van der Waals surface area (Å²) in [6.45, 7) is 3.17. The van der Waals surface area contributed by atoms with Crippen molar-refractivity contribution in [1.29, 1.82) is 0 Å². The van der Waals surface area contributed by atoms with Crippen LogP contribution in [0, 0.1) is 0 Å². The van der Waals surface area contributed by atoms with Gasteiger partial charge in [0.25, 0.3) is 0 Å². The molecular weight excluding hydrogens is 290 g/mol. The van der Waals surface area contributed by atoms with Crippen LogP contribution in [0.15, 0.2) is 28.7 Å². The molecule has 0 bridgehead atoms. The van der Waals surface area contributed by atoms with E-state index in [4.69, 9.17) is 0 Å². The van der Waals surface area contributed by atoms with E-state index in [1.165, 1.54) is 5.56 Å². The summed E-state index contributed by atoms with van der Waals surface area (Å²) in [6.07, 6.45) is 4.75. The highest BCUT2D eigenvalue weighted by Crippen LogP contribution is 2.31. The molecule has 0 aromatic heterocycles. The van der Waals surface area contributed by atoms with Crippen LogP contribution in [0.5, 0.6) is 0 Å². The molecular formula is C15H22BrNO. The van der Waals surface area contributed by atoms with Gasteiger partial charge in [-0.15, -0.1) is 0 Å². The number of nitrogens with one attached hydrogen (secondary N) is 1. The van der Waals surface area contributed by atoms with Crippen molar-refractivity contribution in [3.63, 3.8) is 0 Å². The summed E-state index contributed by atoms with van der Waals surface area (Å²) in [7, 11) is 0. The third-order valence-electron chi connectivity index (χ3n) is 3.86. The number of hydrogen-bond donors (Lipinski definition) is 2. The van der Waals surface area contributed by atoms with Crippen molar-refractivity contribution in [3.8, 4) is 0 Å². The van der Waals surface area contributed by atoms with Gasteiger partial charge in [0, 0.05) is 16.9 Å². The van der Waals surface area contributed by atoms with Crippen LogP contribution in [0.2, 0.25) is 0 Å². The van der Waals surface area contributed by atoms with E-state index in [0.717, 1.165) is 43.1 Å². The van der Waals surface area contributed by atoms with E-state index in [9.17, 15) is 5.11 Å². The summed E-state index contributed by atoms with van der Waals surface area (Å²) in [5.41, 5.74) is 0.724. The molecule has 0 aliphatic heterocycles. The lowest BCUT2D eigenvalue weighted by Gasteiger charge is -2.36. The number of hydrogen-bond acceptors (Lipinski definition) is 2. The Balaban J connectivity index is 1.91. The zero-order valence-corrected chi connectivity index (χ0v) is 12.5. The Morgan fingerprint density at radius 2 is 1.89 bits per heavy atom. The molecule has 2 nitrogen and oxygen atoms in total. The second-order valence-electron chi connectivity index (χ2n) is 5.36. The van der Waals surface area contributed by atoms with Crippen molar-refractivity contribution in [2.45, 2.75) is 50.7 Å². The van der Waals surface area contributed by atoms with Gasteiger partial charge in [-0.1, -0.05) is 35.0 Å². The minimum atomic E-state index is -0.500. The SMILES string of the molecule is CCNC1CCC(O)(Cc2ccc(Br)cc2)CC1. The molecule has 0 saturated heterocycles. The fourth-order valence-corrected chi connectivity index (χ4v) is 3.07. The standard InChI is InChI=1S/C15H22BrNO/c1-2-17-14-7-9-15(18,10-8-14)11-12-3-5-13(16)6-4-12/h3-6,14,17-18H,2,7-11H2,1H3. The second kappa shape index (κ2) is 6.18. The van der Waals surface area contributed by atoms with E-state index in [1.807, 2.05) is 12.1 Å². The highest BCUT2D eigenvalue weighted by Gasteiger charge is 2.32. The van der Waals surface area contributed by atoms with E-state index in [1.54, 1.807) is 0 Å². The molecule has 0 atom stereocenters. The molecule has 1 aliphatic carbocycles. The van der Waals surface area contributed by atoms with E-state index in [0.29, 0.717) is 6.04 Å². The first-order valence-electron chi connectivity index (χ1n) is 6.81. The second-order valence-corrected chi connectivity index (χ2v) is 6.28. The van der Waals surface area contributed by atoms with Crippen LogP contribution >= 0.6 is 15.9 Å². The summed E-state index contributed by atoms with van der Waals surface area (Å²) in [5, 5.41) is 14.1. The first-order chi connectivity index (χ1) is 8.61. The van der Waals surface area contributed by atoms with Crippen LogP contribution in [0.4, 0.5) is 0 Å². The first kappa shape index (κ1) is 14.0.